The molecule has 0 saturated heterocycles. The summed E-state index contributed by atoms with van der Waals surface area (Å²) in [6.07, 6.45) is 4.86. The van der Waals surface area contributed by atoms with Gasteiger partial charge in [0, 0.05) is 18.2 Å². The Hall–Kier alpha value is -2.79. The van der Waals surface area contributed by atoms with E-state index in [0.717, 1.165) is 48.0 Å². The SMILES string of the molecule is CCCCOCCOc1ccc(-c2ccc(OCC)c(/C=C/C(=O)O)c2)cc1. The summed E-state index contributed by atoms with van der Waals surface area (Å²) in [5, 5.41) is 8.89. The van der Waals surface area contributed by atoms with Crippen molar-refractivity contribution in [1.82, 2.24) is 0 Å². The highest BCUT2D eigenvalue weighted by Crippen LogP contribution is 2.29. The fourth-order valence-corrected chi connectivity index (χ4v) is 2.62. The van der Waals surface area contributed by atoms with Gasteiger partial charge in [-0.1, -0.05) is 31.5 Å². The first kappa shape index (κ1) is 21.5. The van der Waals surface area contributed by atoms with Gasteiger partial charge in [-0.15, -0.1) is 0 Å². The molecule has 0 saturated carbocycles. The maximum Gasteiger partial charge on any atom is 0.328 e. The molecule has 0 aromatic heterocycles. The summed E-state index contributed by atoms with van der Waals surface area (Å²) in [5.41, 5.74) is 2.72. The number of hydrogen-bond donors (Lipinski definition) is 1. The number of unbranched alkanes of at least 4 members (excludes halogenated alkanes) is 1. The highest BCUT2D eigenvalue weighted by molar-refractivity contribution is 5.86. The van der Waals surface area contributed by atoms with Gasteiger partial charge < -0.3 is 19.3 Å². The van der Waals surface area contributed by atoms with Crippen molar-refractivity contribution < 1.29 is 24.1 Å². The van der Waals surface area contributed by atoms with Crippen LogP contribution in [0.4, 0.5) is 0 Å². The molecular weight excluding hydrogens is 356 g/mol. The highest BCUT2D eigenvalue weighted by Gasteiger charge is 2.06. The molecule has 0 amide bonds. The lowest BCUT2D eigenvalue weighted by molar-refractivity contribution is -0.131. The molecule has 0 aliphatic rings. The van der Waals surface area contributed by atoms with Gasteiger partial charge in [0.1, 0.15) is 18.1 Å². The number of carboxylic acid groups (broad SMARTS) is 1. The summed E-state index contributed by atoms with van der Waals surface area (Å²) in [4.78, 5) is 10.8. The van der Waals surface area contributed by atoms with E-state index in [1.807, 2.05) is 49.4 Å². The van der Waals surface area contributed by atoms with E-state index < -0.39 is 5.97 Å². The van der Waals surface area contributed by atoms with Crippen molar-refractivity contribution in [3.05, 3.63) is 54.1 Å². The third-order valence-electron chi connectivity index (χ3n) is 4.04. The van der Waals surface area contributed by atoms with E-state index in [1.54, 1.807) is 6.08 Å². The minimum absolute atomic E-state index is 0.515. The molecule has 0 radical (unpaired) electrons. The van der Waals surface area contributed by atoms with E-state index in [0.29, 0.717) is 25.6 Å². The predicted octanol–water partition coefficient (Wildman–Crippen LogP) is 5.05. The third kappa shape index (κ3) is 7.08. The van der Waals surface area contributed by atoms with Gasteiger partial charge in [0.15, 0.2) is 0 Å². The van der Waals surface area contributed by atoms with Crippen molar-refractivity contribution >= 4 is 12.0 Å². The molecule has 5 nitrogen and oxygen atoms in total. The van der Waals surface area contributed by atoms with Crippen LogP contribution in [0.5, 0.6) is 11.5 Å². The Morgan fingerprint density at radius 2 is 1.71 bits per heavy atom. The van der Waals surface area contributed by atoms with Crippen LogP contribution in [-0.2, 0) is 9.53 Å². The van der Waals surface area contributed by atoms with E-state index in [-0.39, 0.29) is 0 Å². The lowest BCUT2D eigenvalue weighted by Crippen LogP contribution is -2.07. The second-order valence-electron chi connectivity index (χ2n) is 6.20. The van der Waals surface area contributed by atoms with Crippen LogP contribution in [0.15, 0.2) is 48.5 Å². The number of ether oxygens (including phenoxy) is 3. The average molecular weight is 384 g/mol. The maximum atomic E-state index is 10.8. The fourth-order valence-electron chi connectivity index (χ4n) is 2.62. The third-order valence-corrected chi connectivity index (χ3v) is 4.04. The Morgan fingerprint density at radius 3 is 2.39 bits per heavy atom. The van der Waals surface area contributed by atoms with E-state index >= 15 is 0 Å². The van der Waals surface area contributed by atoms with Gasteiger partial charge in [0.25, 0.3) is 0 Å². The molecule has 2 aromatic rings. The summed E-state index contributed by atoms with van der Waals surface area (Å²) in [6.45, 7) is 6.43. The molecule has 0 spiro atoms. The van der Waals surface area contributed by atoms with Gasteiger partial charge in [-0.3, -0.25) is 0 Å². The Kier molecular flexibility index (Phi) is 9.08. The van der Waals surface area contributed by atoms with E-state index in [1.165, 1.54) is 0 Å². The largest absolute Gasteiger partial charge is 0.493 e. The van der Waals surface area contributed by atoms with Crippen LogP contribution < -0.4 is 9.47 Å². The van der Waals surface area contributed by atoms with E-state index in [4.69, 9.17) is 19.3 Å². The lowest BCUT2D eigenvalue weighted by atomic mass is 10.0. The van der Waals surface area contributed by atoms with E-state index in [2.05, 4.69) is 6.92 Å². The van der Waals surface area contributed by atoms with Crippen molar-refractivity contribution in [2.24, 2.45) is 0 Å². The van der Waals surface area contributed by atoms with Crippen LogP contribution in [0.1, 0.15) is 32.3 Å². The normalized spacial score (nSPS) is 10.9. The van der Waals surface area contributed by atoms with Crippen molar-refractivity contribution in [3.8, 4) is 22.6 Å². The van der Waals surface area contributed by atoms with Gasteiger partial charge in [-0.05, 0) is 54.8 Å². The van der Waals surface area contributed by atoms with Crippen molar-refractivity contribution in [2.75, 3.05) is 26.4 Å². The van der Waals surface area contributed by atoms with Crippen LogP contribution >= 0.6 is 0 Å². The minimum atomic E-state index is -0.993. The molecule has 0 aliphatic heterocycles. The molecule has 0 unspecified atom stereocenters. The smallest absolute Gasteiger partial charge is 0.328 e. The molecule has 0 aliphatic carbocycles. The minimum Gasteiger partial charge on any atom is -0.493 e. The van der Waals surface area contributed by atoms with Gasteiger partial charge >= 0.3 is 5.97 Å². The standard InChI is InChI=1S/C23H28O5/c1-3-5-14-26-15-16-28-21-10-6-18(7-11-21)19-8-12-22(27-4-2)20(17-19)9-13-23(24)25/h6-13,17H,3-5,14-16H2,1-2H3,(H,24,25)/b13-9+. The van der Waals surface area contributed by atoms with Crippen LogP contribution in [-0.4, -0.2) is 37.5 Å². The van der Waals surface area contributed by atoms with E-state index in [9.17, 15) is 4.79 Å². The Balaban J connectivity index is 2.04. The first-order valence-electron chi connectivity index (χ1n) is 9.62. The van der Waals surface area contributed by atoms with Crippen molar-refractivity contribution in [1.29, 1.82) is 0 Å². The molecule has 0 bridgehead atoms. The van der Waals surface area contributed by atoms with Crippen molar-refractivity contribution in [2.45, 2.75) is 26.7 Å². The monoisotopic (exact) mass is 384 g/mol. The van der Waals surface area contributed by atoms with Crippen LogP contribution in [0.3, 0.4) is 0 Å². The molecule has 0 atom stereocenters. The zero-order valence-corrected chi connectivity index (χ0v) is 16.5. The average Bonchev–Trinajstić information content (AvgIpc) is 2.70. The number of carbonyl (C=O) groups is 1. The van der Waals surface area contributed by atoms with Crippen LogP contribution in [0, 0.1) is 0 Å². The quantitative estimate of drug-likeness (QED) is 0.410. The number of aliphatic carboxylic acids is 1. The predicted molar refractivity (Wildman–Crippen MR) is 111 cm³/mol. The topological polar surface area (TPSA) is 65.0 Å². The Morgan fingerprint density at radius 1 is 0.964 bits per heavy atom. The van der Waals surface area contributed by atoms with Crippen molar-refractivity contribution in [3.63, 3.8) is 0 Å². The van der Waals surface area contributed by atoms with Gasteiger partial charge in [0.2, 0.25) is 0 Å². The summed E-state index contributed by atoms with van der Waals surface area (Å²) in [6, 6.07) is 13.5. The lowest BCUT2D eigenvalue weighted by Gasteiger charge is -2.11. The molecule has 5 heteroatoms. The molecule has 28 heavy (non-hydrogen) atoms. The number of rotatable bonds is 12. The summed E-state index contributed by atoms with van der Waals surface area (Å²) >= 11 is 0. The maximum absolute atomic E-state index is 10.8. The molecule has 1 N–H and O–H groups in total. The van der Waals surface area contributed by atoms with Crippen LogP contribution in [0.25, 0.3) is 17.2 Å². The van der Waals surface area contributed by atoms with Gasteiger partial charge in [0.05, 0.1) is 13.2 Å². The summed E-state index contributed by atoms with van der Waals surface area (Å²) in [5.74, 6) is 0.458. The summed E-state index contributed by atoms with van der Waals surface area (Å²) < 4.78 is 16.8. The number of hydrogen-bond acceptors (Lipinski definition) is 4. The first-order chi connectivity index (χ1) is 13.6. The number of carboxylic acids is 1. The molecule has 0 fully saturated rings. The van der Waals surface area contributed by atoms with Gasteiger partial charge in [-0.25, -0.2) is 4.79 Å². The Labute approximate surface area is 166 Å². The van der Waals surface area contributed by atoms with Gasteiger partial charge in [-0.2, -0.15) is 0 Å². The fraction of sp³-hybridized carbons (Fsp3) is 0.348. The first-order valence-corrected chi connectivity index (χ1v) is 9.62. The molecular formula is C23H28O5. The molecule has 2 aromatic carbocycles. The second kappa shape index (κ2) is 11.8. The second-order valence-corrected chi connectivity index (χ2v) is 6.20. The zero-order chi connectivity index (χ0) is 20.2. The Bertz CT molecular complexity index is 765. The molecule has 2 rings (SSSR count). The highest BCUT2D eigenvalue weighted by atomic mass is 16.5. The summed E-state index contributed by atoms with van der Waals surface area (Å²) in [7, 11) is 0. The zero-order valence-electron chi connectivity index (χ0n) is 16.5. The number of benzene rings is 2. The molecule has 150 valence electrons. The van der Waals surface area contributed by atoms with Crippen LogP contribution in [0.2, 0.25) is 0 Å². The molecule has 0 heterocycles.